The van der Waals surface area contributed by atoms with Crippen molar-refractivity contribution in [2.45, 2.75) is 45.8 Å². The summed E-state index contributed by atoms with van der Waals surface area (Å²) in [7, 11) is -0.841. The number of halogens is 2. The normalized spacial score (nSPS) is 17.4. The number of benzene rings is 2. The van der Waals surface area contributed by atoms with Crippen LogP contribution in [0.3, 0.4) is 0 Å². The number of anilines is 1. The average Bonchev–Trinajstić information content (AvgIpc) is 2.87. The molecule has 4 nitrogen and oxygen atoms in total. The van der Waals surface area contributed by atoms with E-state index in [2.05, 4.69) is 4.72 Å². The van der Waals surface area contributed by atoms with Gasteiger partial charge in [0.1, 0.15) is 11.6 Å². The molecule has 1 N–H and O–H groups in total. The summed E-state index contributed by atoms with van der Waals surface area (Å²) < 4.78 is 43.1. The summed E-state index contributed by atoms with van der Waals surface area (Å²) in [5.74, 6) is -0.698. The number of carbonyl (C=O) groups excluding carboxylic acids is 1. The summed E-state index contributed by atoms with van der Waals surface area (Å²) in [6.07, 6.45) is 0. The van der Waals surface area contributed by atoms with E-state index < -0.39 is 35.7 Å². The van der Waals surface area contributed by atoms with Gasteiger partial charge in [-0.05, 0) is 69.6 Å². The fraction of sp³-hybridized carbons (Fsp3) is 0.381. The Labute approximate surface area is 174 Å². The minimum Gasteiger partial charge on any atom is -0.399 e. The van der Waals surface area contributed by atoms with Crippen LogP contribution in [-0.4, -0.2) is 29.9 Å². The molecule has 0 amide bonds. The van der Waals surface area contributed by atoms with E-state index >= 15 is 0 Å². The van der Waals surface area contributed by atoms with Gasteiger partial charge in [0, 0.05) is 16.9 Å². The zero-order valence-electron chi connectivity index (χ0n) is 17.1. The van der Waals surface area contributed by atoms with E-state index in [1.807, 2.05) is 34.6 Å². The Kier molecular flexibility index (Phi) is 6.08. The van der Waals surface area contributed by atoms with Gasteiger partial charge < -0.3 is 14.0 Å². The number of rotatable bonds is 6. The second-order valence-electron chi connectivity index (χ2n) is 7.88. The molecule has 1 heterocycles. The summed E-state index contributed by atoms with van der Waals surface area (Å²) in [5.41, 5.74) is -0.176. The van der Waals surface area contributed by atoms with Gasteiger partial charge in [-0.2, -0.15) is 0 Å². The highest BCUT2D eigenvalue weighted by atomic mass is 32.2. The maximum absolute atomic E-state index is 14.7. The molecule has 1 aliphatic heterocycles. The summed E-state index contributed by atoms with van der Waals surface area (Å²) in [4.78, 5) is 13.1. The van der Waals surface area contributed by atoms with Crippen LogP contribution in [0.2, 0.25) is 0 Å². The van der Waals surface area contributed by atoms with Crippen molar-refractivity contribution < 1.29 is 22.9 Å². The third-order valence-corrected chi connectivity index (χ3v) is 5.98. The third kappa shape index (κ3) is 4.34. The second-order valence-corrected chi connectivity index (χ2v) is 8.95. The van der Waals surface area contributed by atoms with Gasteiger partial charge in [0.05, 0.1) is 16.9 Å². The molecule has 8 heteroatoms. The molecule has 0 aliphatic carbocycles. The molecule has 0 spiro atoms. The van der Waals surface area contributed by atoms with Crippen LogP contribution in [0.4, 0.5) is 14.5 Å². The summed E-state index contributed by atoms with van der Waals surface area (Å²) in [6.45, 7) is 9.57. The Hall–Kier alpha value is -1.90. The van der Waals surface area contributed by atoms with Crippen LogP contribution in [0.15, 0.2) is 36.4 Å². The third-order valence-electron chi connectivity index (χ3n) is 5.32. The maximum atomic E-state index is 14.7. The smallest absolute Gasteiger partial charge is 0.399 e. The topological polar surface area (TPSA) is 47.6 Å². The summed E-state index contributed by atoms with van der Waals surface area (Å²) in [6, 6.07) is 7.89. The van der Waals surface area contributed by atoms with Crippen LogP contribution in [0.5, 0.6) is 0 Å². The van der Waals surface area contributed by atoms with Crippen molar-refractivity contribution in [3.05, 3.63) is 59.2 Å². The number of hydrogen-bond donors (Lipinski definition) is 1. The first kappa shape index (κ1) is 21.8. The van der Waals surface area contributed by atoms with Gasteiger partial charge in [-0.1, -0.05) is 18.9 Å². The van der Waals surface area contributed by atoms with Crippen molar-refractivity contribution in [1.82, 2.24) is 0 Å². The Morgan fingerprint density at radius 2 is 1.66 bits per heavy atom. The maximum Gasteiger partial charge on any atom is 0.495 e. The van der Waals surface area contributed by atoms with Crippen LogP contribution in [-0.2, 0) is 9.31 Å². The highest BCUT2D eigenvalue weighted by molar-refractivity contribution is 8.00. The van der Waals surface area contributed by atoms with E-state index in [4.69, 9.17) is 9.31 Å². The van der Waals surface area contributed by atoms with E-state index in [9.17, 15) is 13.6 Å². The summed E-state index contributed by atoms with van der Waals surface area (Å²) in [5, 5.41) is 0. The van der Waals surface area contributed by atoms with E-state index in [1.54, 1.807) is 6.07 Å². The van der Waals surface area contributed by atoms with Crippen molar-refractivity contribution in [2.75, 3.05) is 10.5 Å². The van der Waals surface area contributed by atoms with Crippen molar-refractivity contribution >= 4 is 36.0 Å². The Bertz CT molecular complexity index is 903. The molecule has 0 atom stereocenters. The molecule has 0 saturated carbocycles. The first-order chi connectivity index (χ1) is 13.6. The molecule has 2 aromatic carbocycles. The quantitative estimate of drug-likeness (QED) is 0.422. The lowest BCUT2D eigenvalue weighted by atomic mass is 9.74. The van der Waals surface area contributed by atoms with Gasteiger partial charge in [-0.15, -0.1) is 0 Å². The monoisotopic (exact) mass is 419 g/mol. The molecule has 0 bridgehead atoms. The van der Waals surface area contributed by atoms with E-state index in [-0.39, 0.29) is 16.8 Å². The molecule has 0 unspecified atom stereocenters. The molecule has 3 rings (SSSR count). The SMILES string of the molecule is CCSNc1cc(B2OC(C)(C)C(C)(C)O2)c(C(=O)c2ccc(F)cc2)cc1F. The number of nitrogens with one attached hydrogen (secondary N) is 1. The van der Waals surface area contributed by atoms with Gasteiger partial charge in [-0.3, -0.25) is 4.79 Å². The van der Waals surface area contributed by atoms with Gasteiger partial charge in [-0.25, -0.2) is 8.78 Å². The number of ketones is 1. The Morgan fingerprint density at radius 1 is 1.07 bits per heavy atom. The molecular weight excluding hydrogens is 395 g/mol. The highest BCUT2D eigenvalue weighted by Crippen LogP contribution is 2.37. The molecular formula is C21H24BF2NO3S. The van der Waals surface area contributed by atoms with Crippen LogP contribution in [0, 0.1) is 11.6 Å². The van der Waals surface area contributed by atoms with Crippen LogP contribution in [0.25, 0.3) is 0 Å². The zero-order valence-corrected chi connectivity index (χ0v) is 18.0. The highest BCUT2D eigenvalue weighted by Gasteiger charge is 2.52. The van der Waals surface area contributed by atoms with E-state index in [1.165, 1.54) is 42.3 Å². The van der Waals surface area contributed by atoms with Crippen LogP contribution in [0.1, 0.15) is 50.5 Å². The first-order valence-corrected chi connectivity index (χ1v) is 10.4. The molecule has 1 fully saturated rings. The second kappa shape index (κ2) is 8.09. The number of carbonyl (C=O) groups is 1. The molecule has 29 heavy (non-hydrogen) atoms. The molecule has 154 valence electrons. The fourth-order valence-corrected chi connectivity index (χ4v) is 3.39. The standard InChI is InChI=1S/C21H24BF2NO3S/c1-6-29-25-18-12-16(22-27-20(2,3)21(4,5)28-22)15(11-17(18)24)19(26)13-7-9-14(23)10-8-13/h7-12,25H,6H2,1-5H3. The van der Waals surface area contributed by atoms with E-state index in [0.29, 0.717) is 5.46 Å². The lowest BCUT2D eigenvalue weighted by Crippen LogP contribution is -2.41. The average molecular weight is 419 g/mol. The fourth-order valence-electron chi connectivity index (χ4n) is 2.94. The minimum absolute atomic E-state index is 0.125. The first-order valence-electron chi connectivity index (χ1n) is 9.43. The van der Waals surface area contributed by atoms with Gasteiger partial charge in [0.2, 0.25) is 0 Å². The van der Waals surface area contributed by atoms with Gasteiger partial charge >= 0.3 is 7.12 Å². The van der Waals surface area contributed by atoms with Gasteiger partial charge in [0.25, 0.3) is 0 Å². The number of hydrogen-bond acceptors (Lipinski definition) is 5. The Balaban J connectivity index is 2.08. The zero-order chi connectivity index (χ0) is 21.4. The molecule has 1 aliphatic rings. The molecule has 2 aromatic rings. The molecule has 1 saturated heterocycles. The lowest BCUT2D eigenvalue weighted by molar-refractivity contribution is 0.00578. The van der Waals surface area contributed by atoms with Crippen molar-refractivity contribution in [2.24, 2.45) is 0 Å². The molecule has 0 aromatic heterocycles. The predicted molar refractivity (Wildman–Crippen MR) is 114 cm³/mol. The van der Waals surface area contributed by atoms with Gasteiger partial charge in [0.15, 0.2) is 5.78 Å². The Morgan fingerprint density at radius 3 is 2.21 bits per heavy atom. The largest absolute Gasteiger partial charge is 0.495 e. The lowest BCUT2D eigenvalue weighted by Gasteiger charge is -2.32. The van der Waals surface area contributed by atoms with E-state index in [0.717, 1.165) is 5.75 Å². The predicted octanol–water partition coefficient (Wildman–Crippen LogP) is 4.58. The van der Waals surface area contributed by atoms with Crippen LogP contribution >= 0.6 is 11.9 Å². The van der Waals surface area contributed by atoms with Crippen molar-refractivity contribution in [3.8, 4) is 0 Å². The minimum atomic E-state index is -0.841. The summed E-state index contributed by atoms with van der Waals surface area (Å²) >= 11 is 1.34. The van der Waals surface area contributed by atoms with Crippen molar-refractivity contribution in [1.29, 1.82) is 0 Å². The van der Waals surface area contributed by atoms with Crippen molar-refractivity contribution in [3.63, 3.8) is 0 Å². The molecule has 0 radical (unpaired) electrons. The van der Waals surface area contributed by atoms with Crippen LogP contribution < -0.4 is 10.2 Å².